The number of hydrogen-bond acceptors (Lipinski definition) is 3. The Morgan fingerprint density at radius 1 is 1.29 bits per heavy atom. The number of nitrogens with zero attached hydrogens (tertiary/aromatic N) is 2. The zero-order valence-corrected chi connectivity index (χ0v) is 16.9. The standard InChI is InChI=1S/C23H23N3OS/c1-15-5-8-18(9-6-15)26-19-12-17-7-10-21(23(17,2)13-16(19)14-24-26)25-22(27)20-4-3-11-28-20/h3-6,8-9,11-12,14,21H,7,10,13H2,1-2H3,(H,25,27)/t21-,23-/m0/s1. The molecule has 2 aliphatic carbocycles. The second kappa shape index (κ2) is 6.45. The maximum Gasteiger partial charge on any atom is 0.261 e. The SMILES string of the molecule is Cc1ccc(-n2ncc3c2C=C2CC[C@H](NC(=O)c4cccs4)[C@@]2(C)C3)cc1. The summed E-state index contributed by atoms with van der Waals surface area (Å²) in [7, 11) is 0. The lowest BCUT2D eigenvalue weighted by molar-refractivity contribution is 0.0916. The van der Waals surface area contributed by atoms with Crippen molar-refractivity contribution in [3.05, 3.63) is 75.2 Å². The highest BCUT2D eigenvalue weighted by Crippen LogP contribution is 2.49. The van der Waals surface area contributed by atoms with Gasteiger partial charge in [0.25, 0.3) is 5.91 Å². The van der Waals surface area contributed by atoms with Crippen LogP contribution in [0.4, 0.5) is 0 Å². The van der Waals surface area contributed by atoms with Crippen LogP contribution in [0.15, 0.2) is 53.5 Å². The lowest BCUT2D eigenvalue weighted by Gasteiger charge is -2.36. The van der Waals surface area contributed by atoms with Crippen LogP contribution in [0.5, 0.6) is 0 Å². The van der Waals surface area contributed by atoms with Gasteiger partial charge in [0.2, 0.25) is 0 Å². The van der Waals surface area contributed by atoms with Crippen LogP contribution in [0.2, 0.25) is 0 Å². The second-order valence-electron chi connectivity index (χ2n) is 8.11. The molecule has 1 amide bonds. The van der Waals surface area contributed by atoms with E-state index in [0.717, 1.165) is 29.8 Å². The van der Waals surface area contributed by atoms with E-state index in [9.17, 15) is 4.79 Å². The van der Waals surface area contributed by atoms with Gasteiger partial charge in [-0.15, -0.1) is 11.3 Å². The number of fused-ring (bicyclic) bond motifs is 2. The summed E-state index contributed by atoms with van der Waals surface area (Å²) < 4.78 is 2.04. The van der Waals surface area contributed by atoms with E-state index in [2.05, 4.69) is 54.6 Å². The first-order valence-electron chi connectivity index (χ1n) is 9.74. The Labute approximate surface area is 168 Å². The van der Waals surface area contributed by atoms with Gasteiger partial charge in [0.1, 0.15) is 0 Å². The summed E-state index contributed by atoms with van der Waals surface area (Å²) in [6.07, 6.45) is 7.22. The fourth-order valence-electron chi connectivity index (χ4n) is 4.60. The van der Waals surface area contributed by atoms with E-state index in [1.165, 1.54) is 33.7 Å². The van der Waals surface area contributed by atoms with Crippen molar-refractivity contribution in [2.24, 2.45) is 5.41 Å². The number of carbonyl (C=O) groups is 1. The van der Waals surface area contributed by atoms with E-state index in [0.29, 0.717) is 0 Å². The lowest BCUT2D eigenvalue weighted by Crippen LogP contribution is -2.45. The van der Waals surface area contributed by atoms with Gasteiger partial charge in [-0.2, -0.15) is 5.10 Å². The van der Waals surface area contributed by atoms with Crippen LogP contribution >= 0.6 is 11.3 Å². The number of carbonyl (C=O) groups excluding carboxylic acids is 1. The smallest absolute Gasteiger partial charge is 0.261 e. The molecule has 0 aliphatic heterocycles. The molecule has 5 rings (SSSR count). The highest BCUT2D eigenvalue weighted by Gasteiger charge is 2.46. The number of nitrogens with one attached hydrogen (secondary N) is 1. The number of aryl methyl sites for hydroxylation is 1. The highest BCUT2D eigenvalue weighted by molar-refractivity contribution is 7.12. The molecule has 2 heterocycles. The summed E-state index contributed by atoms with van der Waals surface area (Å²) >= 11 is 1.49. The minimum Gasteiger partial charge on any atom is -0.348 e. The van der Waals surface area contributed by atoms with Crippen LogP contribution in [0.25, 0.3) is 11.8 Å². The molecule has 142 valence electrons. The zero-order chi connectivity index (χ0) is 19.3. The Morgan fingerprint density at radius 3 is 2.86 bits per heavy atom. The third-order valence-corrected chi connectivity index (χ3v) is 7.16. The first-order chi connectivity index (χ1) is 13.5. The van der Waals surface area contributed by atoms with Crippen molar-refractivity contribution in [3.63, 3.8) is 0 Å². The fraction of sp³-hybridized carbons (Fsp3) is 0.304. The monoisotopic (exact) mass is 389 g/mol. The predicted molar refractivity (Wildman–Crippen MR) is 113 cm³/mol. The molecule has 1 N–H and O–H groups in total. The summed E-state index contributed by atoms with van der Waals surface area (Å²) in [6.45, 7) is 4.39. The van der Waals surface area contributed by atoms with Gasteiger partial charge in [-0.05, 0) is 61.4 Å². The van der Waals surface area contributed by atoms with E-state index in [1.807, 2.05) is 28.4 Å². The van der Waals surface area contributed by atoms with Crippen molar-refractivity contribution >= 4 is 23.3 Å². The van der Waals surface area contributed by atoms with Gasteiger partial charge < -0.3 is 5.32 Å². The molecule has 2 atom stereocenters. The Hall–Kier alpha value is -2.66. The largest absolute Gasteiger partial charge is 0.348 e. The van der Waals surface area contributed by atoms with Gasteiger partial charge in [-0.1, -0.05) is 36.3 Å². The maximum absolute atomic E-state index is 12.6. The molecule has 5 heteroatoms. The molecule has 0 spiro atoms. The minimum atomic E-state index is -0.0406. The molecular weight excluding hydrogens is 366 g/mol. The van der Waals surface area contributed by atoms with Crippen molar-refractivity contribution in [3.8, 4) is 5.69 Å². The van der Waals surface area contributed by atoms with Gasteiger partial charge in [0.05, 0.1) is 22.5 Å². The Balaban J connectivity index is 1.45. The molecule has 2 aromatic heterocycles. The Morgan fingerprint density at radius 2 is 2.11 bits per heavy atom. The number of benzene rings is 1. The third kappa shape index (κ3) is 2.73. The molecule has 2 aliphatic rings. The maximum atomic E-state index is 12.6. The predicted octanol–water partition coefficient (Wildman–Crippen LogP) is 4.78. The van der Waals surface area contributed by atoms with Crippen molar-refractivity contribution < 1.29 is 4.79 Å². The van der Waals surface area contributed by atoms with E-state index >= 15 is 0 Å². The first-order valence-corrected chi connectivity index (χ1v) is 10.6. The summed E-state index contributed by atoms with van der Waals surface area (Å²) in [5, 5.41) is 9.92. The quantitative estimate of drug-likeness (QED) is 0.701. The number of rotatable bonds is 3. The molecule has 1 fully saturated rings. The topological polar surface area (TPSA) is 46.9 Å². The van der Waals surface area contributed by atoms with Crippen LogP contribution < -0.4 is 5.32 Å². The third-order valence-electron chi connectivity index (χ3n) is 6.29. The van der Waals surface area contributed by atoms with Crippen molar-refractivity contribution in [2.75, 3.05) is 0 Å². The molecule has 1 aromatic carbocycles. The van der Waals surface area contributed by atoms with E-state index in [4.69, 9.17) is 0 Å². The number of aromatic nitrogens is 2. The average Bonchev–Trinajstić information content (AvgIpc) is 3.40. The van der Waals surface area contributed by atoms with Crippen molar-refractivity contribution in [1.82, 2.24) is 15.1 Å². The van der Waals surface area contributed by atoms with Gasteiger partial charge in [0.15, 0.2) is 0 Å². The Kier molecular flexibility index (Phi) is 4.02. The molecule has 0 radical (unpaired) electrons. The molecular formula is C23H23N3OS. The second-order valence-corrected chi connectivity index (χ2v) is 9.06. The summed E-state index contributed by atoms with van der Waals surface area (Å²) in [4.78, 5) is 13.4. The molecule has 0 saturated heterocycles. The van der Waals surface area contributed by atoms with E-state index in [-0.39, 0.29) is 17.4 Å². The molecule has 1 saturated carbocycles. The van der Waals surface area contributed by atoms with Crippen LogP contribution in [-0.4, -0.2) is 21.7 Å². The van der Waals surface area contributed by atoms with E-state index < -0.39 is 0 Å². The summed E-state index contributed by atoms with van der Waals surface area (Å²) in [5.41, 5.74) is 6.15. The van der Waals surface area contributed by atoms with Crippen LogP contribution in [0, 0.1) is 12.3 Å². The van der Waals surface area contributed by atoms with Crippen LogP contribution in [-0.2, 0) is 6.42 Å². The van der Waals surface area contributed by atoms with Crippen molar-refractivity contribution in [2.45, 2.75) is 39.2 Å². The molecule has 3 aromatic rings. The summed E-state index contributed by atoms with van der Waals surface area (Å²) in [6, 6.07) is 12.4. The molecule has 28 heavy (non-hydrogen) atoms. The Bertz CT molecular complexity index is 1060. The van der Waals surface area contributed by atoms with Gasteiger partial charge >= 0.3 is 0 Å². The van der Waals surface area contributed by atoms with Gasteiger partial charge in [-0.3, -0.25) is 4.79 Å². The van der Waals surface area contributed by atoms with Crippen LogP contribution in [0.3, 0.4) is 0 Å². The molecule has 0 bridgehead atoms. The zero-order valence-electron chi connectivity index (χ0n) is 16.1. The van der Waals surface area contributed by atoms with Gasteiger partial charge in [-0.25, -0.2) is 4.68 Å². The molecule has 4 nitrogen and oxygen atoms in total. The average molecular weight is 390 g/mol. The minimum absolute atomic E-state index is 0.0406. The molecule has 0 unspecified atom stereocenters. The number of hydrogen-bond donors (Lipinski definition) is 1. The number of thiophene rings is 1. The van der Waals surface area contributed by atoms with E-state index in [1.54, 1.807) is 0 Å². The lowest BCUT2D eigenvalue weighted by atomic mass is 9.73. The first kappa shape index (κ1) is 17.4. The normalized spacial score (nSPS) is 23.1. The van der Waals surface area contributed by atoms with Gasteiger partial charge in [0, 0.05) is 11.5 Å². The number of amides is 1. The fourth-order valence-corrected chi connectivity index (χ4v) is 5.23. The summed E-state index contributed by atoms with van der Waals surface area (Å²) in [5.74, 6) is 0.0450. The van der Waals surface area contributed by atoms with Crippen molar-refractivity contribution in [1.29, 1.82) is 0 Å². The van der Waals surface area contributed by atoms with Crippen LogP contribution in [0.1, 0.15) is 46.3 Å². The highest BCUT2D eigenvalue weighted by atomic mass is 32.1.